The molecule has 7 heteroatoms. The van der Waals surface area contributed by atoms with E-state index in [2.05, 4.69) is 0 Å². The van der Waals surface area contributed by atoms with Crippen LogP contribution in [0.15, 0.2) is 12.2 Å². The van der Waals surface area contributed by atoms with Gasteiger partial charge in [0.2, 0.25) is 5.91 Å². The van der Waals surface area contributed by atoms with E-state index in [1.165, 1.54) is 4.90 Å². The molecule has 1 aliphatic heterocycles. The number of allylic oxidation sites excluding steroid dienone is 2. The van der Waals surface area contributed by atoms with Crippen molar-refractivity contribution in [3.63, 3.8) is 0 Å². The Hall–Kier alpha value is -1.37. The third-order valence-electron chi connectivity index (χ3n) is 4.17. The molecule has 0 saturated carbocycles. The van der Waals surface area contributed by atoms with Crippen molar-refractivity contribution >= 4 is 21.7 Å². The predicted octanol–water partition coefficient (Wildman–Crippen LogP) is 0.299. The van der Waals surface area contributed by atoms with Gasteiger partial charge in [0.1, 0.15) is 0 Å². The SMILES string of the molecule is CN(C(=O)C1CC=CCC1C(=O)O)C1CCS(=O)(=O)C1. The van der Waals surface area contributed by atoms with Gasteiger partial charge in [0.25, 0.3) is 0 Å². The van der Waals surface area contributed by atoms with Crippen LogP contribution < -0.4 is 0 Å². The summed E-state index contributed by atoms with van der Waals surface area (Å²) in [5.74, 6) is -2.46. The summed E-state index contributed by atoms with van der Waals surface area (Å²) < 4.78 is 22.9. The molecule has 0 spiro atoms. The number of rotatable bonds is 3. The second-order valence-electron chi connectivity index (χ2n) is 5.50. The van der Waals surface area contributed by atoms with E-state index in [1.54, 1.807) is 13.1 Å². The maximum Gasteiger partial charge on any atom is 0.307 e. The number of hydrogen-bond acceptors (Lipinski definition) is 4. The van der Waals surface area contributed by atoms with Gasteiger partial charge >= 0.3 is 5.97 Å². The Kier molecular flexibility index (Phi) is 4.17. The van der Waals surface area contributed by atoms with Crippen molar-refractivity contribution in [3.8, 4) is 0 Å². The number of carboxylic acids is 1. The molecule has 1 aliphatic carbocycles. The van der Waals surface area contributed by atoms with Gasteiger partial charge in [-0.15, -0.1) is 0 Å². The minimum Gasteiger partial charge on any atom is -0.481 e. The molecule has 0 aromatic rings. The number of nitrogens with zero attached hydrogens (tertiary/aromatic N) is 1. The van der Waals surface area contributed by atoms with Crippen molar-refractivity contribution < 1.29 is 23.1 Å². The zero-order valence-corrected chi connectivity index (χ0v) is 12.2. The van der Waals surface area contributed by atoms with Crippen LogP contribution in [0.25, 0.3) is 0 Å². The highest BCUT2D eigenvalue weighted by atomic mass is 32.2. The molecule has 3 atom stereocenters. The van der Waals surface area contributed by atoms with Crippen LogP contribution in [-0.4, -0.2) is 54.9 Å². The largest absolute Gasteiger partial charge is 0.481 e. The summed E-state index contributed by atoms with van der Waals surface area (Å²) in [5.41, 5.74) is 0. The molecule has 20 heavy (non-hydrogen) atoms. The highest BCUT2D eigenvalue weighted by Crippen LogP contribution is 2.29. The van der Waals surface area contributed by atoms with Gasteiger partial charge in [-0.25, -0.2) is 8.42 Å². The Morgan fingerprint density at radius 1 is 1.20 bits per heavy atom. The number of hydrogen-bond donors (Lipinski definition) is 1. The van der Waals surface area contributed by atoms with Crippen LogP contribution in [-0.2, 0) is 19.4 Å². The van der Waals surface area contributed by atoms with Crippen molar-refractivity contribution in [2.45, 2.75) is 25.3 Å². The molecule has 112 valence electrons. The van der Waals surface area contributed by atoms with Gasteiger partial charge in [-0.05, 0) is 19.3 Å². The number of sulfone groups is 1. The van der Waals surface area contributed by atoms with Gasteiger partial charge in [0.15, 0.2) is 9.84 Å². The lowest BCUT2D eigenvalue weighted by atomic mass is 9.82. The molecule has 1 saturated heterocycles. The Labute approximate surface area is 118 Å². The standard InChI is InChI=1S/C13H19NO5S/c1-14(9-6-7-20(18,19)8-9)12(15)10-4-2-3-5-11(10)13(16)17/h2-3,9-11H,4-8H2,1H3,(H,16,17). The van der Waals surface area contributed by atoms with Crippen LogP contribution in [0.2, 0.25) is 0 Å². The van der Waals surface area contributed by atoms with Gasteiger partial charge in [-0.1, -0.05) is 12.2 Å². The predicted molar refractivity (Wildman–Crippen MR) is 72.8 cm³/mol. The topological polar surface area (TPSA) is 91.8 Å². The van der Waals surface area contributed by atoms with E-state index in [9.17, 15) is 23.1 Å². The highest BCUT2D eigenvalue weighted by molar-refractivity contribution is 7.91. The van der Waals surface area contributed by atoms with Gasteiger partial charge in [0, 0.05) is 13.1 Å². The molecule has 0 aromatic carbocycles. The van der Waals surface area contributed by atoms with Crippen LogP contribution in [0.1, 0.15) is 19.3 Å². The molecule has 3 unspecified atom stereocenters. The first-order chi connectivity index (χ1) is 9.32. The zero-order chi connectivity index (χ0) is 14.9. The third-order valence-corrected chi connectivity index (χ3v) is 5.92. The Morgan fingerprint density at radius 2 is 1.80 bits per heavy atom. The van der Waals surface area contributed by atoms with E-state index in [0.29, 0.717) is 19.3 Å². The van der Waals surface area contributed by atoms with Crippen LogP contribution in [0.4, 0.5) is 0 Å². The smallest absolute Gasteiger partial charge is 0.307 e. The van der Waals surface area contributed by atoms with Gasteiger partial charge < -0.3 is 10.0 Å². The highest BCUT2D eigenvalue weighted by Gasteiger charge is 2.39. The van der Waals surface area contributed by atoms with Gasteiger partial charge in [-0.2, -0.15) is 0 Å². The molecular weight excluding hydrogens is 282 g/mol. The van der Waals surface area contributed by atoms with Crippen molar-refractivity contribution in [1.29, 1.82) is 0 Å². The van der Waals surface area contributed by atoms with Gasteiger partial charge in [-0.3, -0.25) is 9.59 Å². The van der Waals surface area contributed by atoms with Gasteiger partial charge in [0.05, 0.1) is 23.3 Å². The number of carbonyl (C=O) groups is 2. The molecule has 0 radical (unpaired) electrons. The minimum atomic E-state index is -3.06. The van der Waals surface area contributed by atoms with E-state index in [0.717, 1.165) is 0 Å². The fraction of sp³-hybridized carbons (Fsp3) is 0.692. The maximum atomic E-state index is 12.4. The number of aliphatic carboxylic acids is 1. The average molecular weight is 301 g/mol. The van der Waals surface area contributed by atoms with Crippen molar-refractivity contribution in [3.05, 3.63) is 12.2 Å². The molecule has 0 aromatic heterocycles. The van der Waals surface area contributed by atoms with Crippen LogP contribution in [0.5, 0.6) is 0 Å². The first-order valence-electron chi connectivity index (χ1n) is 6.67. The van der Waals surface area contributed by atoms with E-state index >= 15 is 0 Å². The lowest BCUT2D eigenvalue weighted by Gasteiger charge is -2.31. The molecule has 2 aliphatic rings. The molecule has 2 rings (SSSR count). The molecule has 6 nitrogen and oxygen atoms in total. The van der Waals surface area contributed by atoms with Crippen LogP contribution in [0.3, 0.4) is 0 Å². The summed E-state index contributed by atoms with van der Waals surface area (Å²) in [6.07, 6.45) is 4.79. The Balaban J connectivity index is 2.10. The third kappa shape index (κ3) is 3.03. The van der Waals surface area contributed by atoms with E-state index in [-0.39, 0.29) is 23.5 Å². The summed E-state index contributed by atoms with van der Waals surface area (Å²) in [6, 6.07) is -0.326. The summed E-state index contributed by atoms with van der Waals surface area (Å²) in [7, 11) is -1.48. The van der Waals surface area contributed by atoms with E-state index in [4.69, 9.17) is 0 Å². The Bertz CT molecular complexity index is 539. The summed E-state index contributed by atoms with van der Waals surface area (Å²) in [5, 5.41) is 9.19. The molecule has 1 N–H and O–H groups in total. The fourth-order valence-corrected chi connectivity index (χ4v) is 4.66. The maximum absolute atomic E-state index is 12.4. The molecular formula is C13H19NO5S. The zero-order valence-electron chi connectivity index (χ0n) is 11.4. The van der Waals surface area contributed by atoms with E-state index in [1.807, 2.05) is 6.08 Å². The number of carbonyl (C=O) groups excluding carboxylic acids is 1. The summed E-state index contributed by atoms with van der Waals surface area (Å²) in [6.45, 7) is 0. The normalized spacial score (nSPS) is 31.9. The molecule has 1 amide bonds. The first-order valence-corrected chi connectivity index (χ1v) is 8.49. The number of amides is 1. The van der Waals surface area contributed by atoms with Crippen molar-refractivity contribution in [1.82, 2.24) is 4.90 Å². The second kappa shape index (κ2) is 5.55. The monoisotopic (exact) mass is 301 g/mol. The lowest BCUT2D eigenvalue weighted by Crippen LogP contribution is -2.45. The van der Waals surface area contributed by atoms with Crippen molar-refractivity contribution in [2.75, 3.05) is 18.6 Å². The quantitative estimate of drug-likeness (QED) is 0.757. The molecule has 0 bridgehead atoms. The van der Waals surface area contributed by atoms with E-state index < -0.39 is 27.6 Å². The average Bonchev–Trinajstić information content (AvgIpc) is 2.77. The molecule has 1 heterocycles. The summed E-state index contributed by atoms with van der Waals surface area (Å²) >= 11 is 0. The lowest BCUT2D eigenvalue weighted by molar-refractivity contribution is -0.150. The van der Waals surface area contributed by atoms with Crippen LogP contribution >= 0.6 is 0 Å². The Morgan fingerprint density at radius 3 is 2.30 bits per heavy atom. The fourth-order valence-electron chi connectivity index (χ4n) is 2.88. The number of carboxylic acid groups (broad SMARTS) is 1. The first kappa shape index (κ1) is 15.0. The van der Waals surface area contributed by atoms with Crippen LogP contribution in [0, 0.1) is 11.8 Å². The summed E-state index contributed by atoms with van der Waals surface area (Å²) in [4.78, 5) is 25.1. The second-order valence-corrected chi connectivity index (χ2v) is 7.73. The minimum absolute atomic E-state index is 0.0183. The molecule has 1 fully saturated rings. The van der Waals surface area contributed by atoms with Crippen molar-refractivity contribution in [2.24, 2.45) is 11.8 Å².